The molecule has 1 aromatic carbocycles. The quantitative estimate of drug-likeness (QED) is 0.875. The highest BCUT2D eigenvalue weighted by molar-refractivity contribution is 6.00. The molecule has 0 bridgehead atoms. The number of nitrogens with one attached hydrogen (secondary N) is 2. The van der Waals surface area contributed by atoms with Gasteiger partial charge in [0.15, 0.2) is 0 Å². The third-order valence-corrected chi connectivity index (χ3v) is 4.60. The first-order valence-corrected chi connectivity index (χ1v) is 8.09. The first-order chi connectivity index (χ1) is 9.94. The first kappa shape index (κ1) is 15.9. The molecule has 0 aromatic heterocycles. The molecule has 21 heavy (non-hydrogen) atoms. The second kappa shape index (κ2) is 6.50. The SMILES string of the molecule is CCNc1cc(C)ccc1C(=O)NC1CCCCC1(C)C. The van der Waals surface area contributed by atoms with E-state index in [2.05, 4.69) is 24.5 Å². The number of anilines is 1. The molecule has 0 aliphatic heterocycles. The minimum Gasteiger partial charge on any atom is -0.385 e. The second-order valence-corrected chi connectivity index (χ2v) is 6.84. The van der Waals surface area contributed by atoms with Crippen molar-refractivity contribution in [2.45, 2.75) is 59.4 Å². The van der Waals surface area contributed by atoms with Crippen LogP contribution in [0, 0.1) is 12.3 Å². The molecule has 0 heterocycles. The van der Waals surface area contributed by atoms with E-state index >= 15 is 0 Å². The molecule has 3 heteroatoms. The Bertz CT molecular complexity index is 508. The Kier molecular flexibility index (Phi) is 4.92. The van der Waals surface area contributed by atoms with Gasteiger partial charge in [-0.3, -0.25) is 4.79 Å². The third-order valence-electron chi connectivity index (χ3n) is 4.60. The average Bonchev–Trinajstić information content (AvgIpc) is 2.41. The highest BCUT2D eigenvalue weighted by Gasteiger charge is 2.33. The lowest BCUT2D eigenvalue weighted by Crippen LogP contribution is -2.46. The number of hydrogen-bond acceptors (Lipinski definition) is 2. The molecule has 1 atom stereocenters. The largest absolute Gasteiger partial charge is 0.385 e. The van der Waals surface area contributed by atoms with Gasteiger partial charge in [0.25, 0.3) is 5.91 Å². The van der Waals surface area contributed by atoms with Crippen molar-refractivity contribution in [3.63, 3.8) is 0 Å². The summed E-state index contributed by atoms with van der Waals surface area (Å²) in [6, 6.07) is 6.25. The van der Waals surface area contributed by atoms with Crippen LogP contribution >= 0.6 is 0 Å². The smallest absolute Gasteiger partial charge is 0.253 e. The molecule has 1 aliphatic carbocycles. The molecule has 0 spiro atoms. The summed E-state index contributed by atoms with van der Waals surface area (Å²) in [4.78, 5) is 12.7. The zero-order valence-corrected chi connectivity index (χ0v) is 13.8. The number of carbonyl (C=O) groups is 1. The fourth-order valence-corrected chi connectivity index (χ4v) is 3.19. The minimum absolute atomic E-state index is 0.0472. The molecule has 1 fully saturated rings. The minimum atomic E-state index is 0.0472. The highest BCUT2D eigenvalue weighted by atomic mass is 16.1. The number of hydrogen-bond donors (Lipinski definition) is 2. The number of aryl methyl sites for hydroxylation is 1. The number of benzene rings is 1. The van der Waals surface area contributed by atoms with Crippen molar-refractivity contribution in [2.75, 3.05) is 11.9 Å². The lowest BCUT2D eigenvalue weighted by atomic mass is 9.73. The predicted molar refractivity (Wildman–Crippen MR) is 88.8 cm³/mol. The fourth-order valence-electron chi connectivity index (χ4n) is 3.19. The Morgan fingerprint density at radius 1 is 1.33 bits per heavy atom. The van der Waals surface area contributed by atoms with E-state index in [0.29, 0.717) is 0 Å². The Balaban J connectivity index is 2.16. The van der Waals surface area contributed by atoms with E-state index in [1.807, 2.05) is 32.0 Å². The number of rotatable bonds is 4. The van der Waals surface area contributed by atoms with Crippen molar-refractivity contribution in [1.29, 1.82) is 0 Å². The van der Waals surface area contributed by atoms with Crippen LogP contribution in [0.15, 0.2) is 18.2 Å². The van der Waals surface area contributed by atoms with Crippen molar-refractivity contribution in [2.24, 2.45) is 5.41 Å². The zero-order chi connectivity index (χ0) is 15.5. The summed E-state index contributed by atoms with van der Waals surface area (Å²) in [6.45, 7) is 9.44. The monoisotopic (exact) mass is 288 g/mol. The van der Waals surface area contributed by atoms with E-state index in [4.69, 9.17) is 0 Å². The van der Waals surface area contributed by atoms with E-state index in [1.165, 1.54) is 24.8 Å². The normalized spacial score (nSPS) is 20.9. The molecule has 3 nitrogen and oxygen atoms in total. The third kappa shape index (κ3) is 3.78. The van der Waals surface area contributed by atoms with Crippen LogP contribution in [0.3, 0.4) is 0 Å². The van der Waals surface area contributed by atoms with Gasteiger partial charge in [-0.05, 0) is 49.8 Å². The molecule has 116 valence electrons. The van der Waals surface area contributed by atoms with Crippen LogP contribution in [0.25, 0.3) is 0 Å². The van der Waals surface area contributed by atoms with Gasteiger partial charge < -0.3 is 10.6 Å². The predicted octanol–water partition coefficient (Wildman–Crippen LogP) is 4.13. The van der Waals surface area contributed by atoms with Crippen molar-refractivity contribution >= 4 is 11.6 Å². The Morgan fingerprint density at radius 3 is 2.76 bits per heavy atom. The van der Waals surface area contributed by atoms with Gasteiger partial charge in [0.2, 0.25) is 0 Å². The zero-order valence-electron chi connectivity index (χ0n) is 13.8. The van der Waals surface area contributed by atoms with Crippen LogP contribution in [0.4, 0.5) is 5.69 Å². The van der Waals surface area contributed by atoms with Gasteiger partial charge in [-0.25, -0.2) is 0 Å². The maximum absolute atomic E-state index is 12.7. The van der Waals surface area contributed by atoms with Crippen molar-refractivity contribution in [3.8, 4) is 0 Å². The van der Waals surface area contributed by atoms with Crippen LogP contribution in [-0.2, 0) is 0 Å². The molecule has 2 N–H and O–H groups in total. The van der Waals surface area contributed by atoms with E-state index in [0.717, 1.165) is 24.2 Å². The topological polar surface area (TPSA) is 41.1 Å². The van der Waals surface area contributed by atoms with Crippen LogP contribution < -0.4 is 10.6 Å². The highest BCUT2D eigenvalue weighted by Crippen LogP contribution is 2.35. The molecule has 1 aliphatic rings. The summed E-state index contributed by atoms with van der Waals surface area (Å²) in [5.41, 5.74) is 3.05. The van der Waals surface area contributed by atoms with Crippen molar-refractivity contribution < 1.29 is 4.79 Å². The van der Waals surface area contributed by atoms with Gasteiger partial charge in [-0.15, -0.1) is 0 Å². The van der Waals surface area contributed by atoms with Crippen LogP contribution in [0.1, 0.15) is 62.4 Å². The van der Waals surface area contributed by atoms with Gasteiger partial charge in [-0.2, -0.15) is 0 Å². The molecule has 1 saturated carbocycles. The fraction of sp³-hybridized carbons (Fsp3) is 0.611. The van der Waals surface area contributed by atoms with E-state index in [-0.39, 0.29) is 17.4 Å². The summed E-state index contributed by atoms with van der Waals surface area (Å²) in [5, 5.41) is 6.56. The molecular formula is C18H28N2O. The Morgan fingerprint density at radius 2 is 2.10 bits per heavy atom. The average molecular weight is 288 g/mol. The summed E-state index contributed by atoms with van der Waals surface area (Å²) >= 11 is 0. The lowest BCUT2D eigenvalue weighted by Gasteiger charge is -2.39. The lowest BCUT2D eigenvalue weighted by molar-refractivity contribution is 0.0854. The molecule has 0 radical (unpaired) electrons. The molecule has 1 unspecified atom stereocenters. The molecule has 1 amide bonds. The van der Waals surface area contributed by atoms with Gasteiger partial charge >= 0.3 is 0 Å². The first-order valence-electron chi connectivity index (χ1n) is 8.09. The molecular weight excluding hydrogens is 260 g/mol. The van der Waals surface area contributed by atoms with E-state index in [9.17, 15) is 4.79 Å². The van der Waals surface area contributed by atoms with E-state index < -0.39 is 0 Å². The van der Waals surface area contributed by atoms with Gasteiger partial charge in [0.1, 0.15) is 0 Å². The maximum Gasteiger partial charge on any atom is 0.253 e. The second-order valence-electron chi connectivity index (χ2n) is 6.84. The molecule has 1 aromatic rings. The van der Waals surface area contributed by atoms with E-state index in [1.54, 1.807) is 0 Å². The van der Waals surface area contributed by atoms with Gasteiger partial charge in [-0.1, -0.05) is 32.8 Å². The summed E-state index contributed by atoms with van der Waals surface area (Å²) in [5.74, 6) is 0.0472. The van der Waals surface area contributed by atoms with Crippen molar-refractivity contribution in [3.05, 3.63) is 29.3 Å². The number of carbonyl (C=O) groups excluding carboxylic acids is 1. The number of amides is 1. The van der Waals surface area contributed by atoms with Crippen LogP contribution in [0.5, 0.6) is 0 Å². The Hall–Kier alpha value is -1.51. The summed E-state index contributed by atoms with van der Waals surface area (Å²) in [6.07, 6.45) is 4.75. The van der Waals surface area contributed by atoms with Crippen LogP contribution in [0.2, 0.25) is 0 Å². The standard InChI is InChI=1S/C18H28N2O/c1-5-19-15-12-13(2)9-10-14(15)17(21)20-16-8-6-7-11-18(16,3)4/h9-10,12,16,19H,5-8,11H2,1-4H3,(H,20,21). The summed E-state index contributed by atoms with van der Waals surface area (Å²) in [7, 11) is 0. The van der Waals surface area contributed by atoms with Gasteiger partial charge in [0, 0.05) is 18.3 Å². The molecule has 2 rings (SSSR count). The van der Waals surface area contributed by atoms with Crippen molar-refractivity contribution in [1.82, 2.24) is 5.32 Å². The Labute approximate surface area is 128 Å². The molecule has 0 saturated heterocycles. The maximum atomic E-state index is 12.7. The van der Waals surface area contributed by atoms with Crippen LogP contribution in [-0.4, -0.2) is 18.5 Å². The summed E-state index contributed by atoms with van der Waals surface area (Å²) < 4.78 is 0. The van der Waals surface area contributed by atoms with Gasteiger partial charge in [0.05, 0.1) is 5.56 Å².